The number of fused-ring (bicyclic) bond motifs is 1. The van der Waals surface area contributed by atoms with Crippen LogP contribution in [0.5, 0.6) is 5.75 Å². The first-order chi connectivity index (χ1) is 7.79. The first kappa shape index (κ1) is 10.2. The summed E-state index contributed by atoms with van der Waals surface area (Å²) in [6.07, 6.45) is 4.90. The van der Waals surface area contributed by atoms with Gasteiger partial charge in [0.15, 0.2) is 5.88 Å². The molecule has 5 heteroatoms. The van der Waals surface area contributed by atoms with E-state index >= 15 is 0 Å². The second-order valence-corrected chi connectivity index (χ2v) is 3.20. The fraction of sp³-hybridized carbons (Fsp3) is 0.0909. The van der Waals surface area contributed by atoms with Crippen molar-refractivity contribution >= 4 is 17.1 Å². The molecule has 0 saturated carbocycles. The molecule has 0 aliphatic rings. The number of rotatable bonds is 3. The van der Waals surface area contributed by atoms with Crippen molar-refractivity contribution in [1.82, 2.24) is 10.2 Å². The van der Waals surface area contributed by atoms with E-state index in [9.17, 15) is 0 Å². The van der Waals surface area contributed by atoms with Crippen LogP contribution in [-0.2, 0) is 0 Å². The van der Waals surface area contributed by atoms with Gasteiger partial charge in [0, 0.05) is 24.7 Å². The summed E-state index contributed by atoms with van der Waals surface area (Å²) in [5.41, 5.74) is 6.60. The number of nitrogens with two attached hydrogens (primary N) is 1. The predicted octanol–water partition coefficient (Wildman–Crippen LogP) is 1.44. The second kappa shape index (κ2) is 4.48. The minimum atomic E-state index is 0.299. The summed E-state index contributed by atoms with van der Waals surface area (Å²) in [5.74, 6) is 0.973. The Bertz CT molecular complexity index is 542. The molecule has 5 nitrogen and oxygen atoms in total. The van der Waals surface area contributed by atoms with Gasteiger partial charge in [0.1, 0.15) is 5.75 Å². The predicted molar refractivity (Wildman–Crippen MR) is 63.4 cm³/mol. The number of hydrogen-bond donors (Lipinski definition) is 2. The van der Waals surface area contributed by atoms with Crippen LogP contribution in [0.1, 0.15) is 0 Å². The van der Waals surface area contributed by atoms with Crippen LogP contribution < -0.4 is 10.5 Å². The third kappa shape index (κ3) is 2.20. The van der Waals surface area contributed by atoms with Crippen molar-refractivity contribution in [2.75, 3.05) is 7.05 Å². The van der Waals surface area contributed by atoms with E-state index in [0.717, 1.165) is 10.9 Å². The Hall–Kier alpha value is -2.30. The molecule has 1 heterocycles. The van der Waals surface area contributed by atoms with Crippen molar-refractivity contribution in [3.05, 3.63) is 36.4 Å². The zero-order valence-corrected chi connectivity index (χ0v) is 8.84. The van der Waals surface area contributed by atoms with Crippen molar-refractivity contribution in [2.24, 2.45) is 10.7 Å². The van der Waals surface area contributed by atoms with Gasteiger partial charge >= 0.3 is 0 Å². The summed E-state index contributed by atoms with van der Waals surface area (Å²) in [4.78, 5) is 3.78. The second-order valence-electron chi connectivity index (χ2n) is 3.20. The highest BCUT2D eigenvalue weighted by atomic mass is 16.5. The lowest BCUT2D eigenvalue weighted by Gasteiger charge is -2.04. The van der Waals surface area contributed by atoms with Crippen LogP contribution in [-0.4, -0.2) is 23.5 Å². The topological polar surface area (TPSA) is 76.3 Å². The van der Waals surface area contributed by atoms with Gasteiger partial charge in [-0.3, -0.25) is 10.1 Å². The fourth-order valence-electron chi connectivity index (χ4n) is 1.30. The summed E-state index contributed by atoms with van der Waals surface area (Å²) in [6.45, 7) is 0. The van der Waals surface area contributed by atoms with E-state index in [2.05, 4.69) is 15.2 Å². The Kier molecular flexibility index (Phi) is 2.86. The zero-order valence-electron chi connectivity index (χ0n) is 8.84. The molecule has 0 atom stereocenters. The summed E-state index contributed by atoms with van der Waals surface area (Å²) < 4.78 is 5.40. The molecule has 3 N–H and O–H groups in total. The number of aromatic amines is 1. The first-order valence-corrected chi connectivity index (χ1v) is 4.78. The van der Waals surface area contributed by atoms with Gasteiger partial charge in [-0.25, -0.2) is 0 Å². The minimum Gasteiger partial charge on any atom is -0.442 e. The molecule has 0 fully saturated rings. The lowest BCUT2D eigenvalue weighted by Crippen LogP contribution is -2.05. The monoisotopic (exact) mass is 216 g/mol. The van der Waals surface area contributed by atoms with Crippen LogP contribution >= 0.6 is 0 Å². The minimum absolute atomic E-state index is 0.299. The standard InChI is InChI=1S/C11H12N4O/c1-13-5-4-11(12)16-9-2-3-10-8(6-9)7-14-15-10/h2-7H,12H2,1H3,(H,14,15). The molecule has 0 unspecified atom stereocenters. The van der Waals surface area contributed by atoms with Crippen molar-refractivity contribution in [3.63, 3.8) is 0 Å². The van der Waals surface area contributed by atoms with Gasteiger partial charge in [-0.2, -0.15) is 5.10 Å². The Morgan fingerprint density at radius 3 is 3.25 bits per heavy atom. The normalized spacial score (nSPS) is 12.4. The van der Waals surface area contributed by atoms with Crippen molar-refractivity contribution in [1.29, 1.82) is 0 Å². The third-order valence-electron chi connectivity index (χ3n) is 2.04. The Morgan fingerprint density at radius 2 is 2.44 bits per heavy atom. The summed E-state index contributed by atoms with van der Waals surface area (Å²) in [7, 11) is 1.67. The Morgan fingerprint density at radius 1 is 1.56 bits per heavy atom. The highest BCUT2D eigenvalue weighted by Crippen LogP contribution is 2.19. The molecule has 0 amide bonds. The number of ether oxygens (including phenoxy) is 1. The molecule has 1 aromatic heterocycles. The molecular weight excluding hydrogens is 204 g/mol. The number of nitrogens with zero attached hydrogens (tertiary/aromatic N) is 2. The molecule has 2 aromatic rings. The molecule has 0 aliphatic heterocycles. The molecule has 0 aliphatic carbocycles. The van der Waals surface area contributed by atoms with Gasteiger partial charge < -0.3 is 10.5 Å². The summed E-state index contributed by atoms with van der Waals surface area (Å²) >= 11 is 0. The highest BCUT2D eigenvalue weighted by Gasteiger charge is 1.99. The van der Waals surface area contributed by atoms with Crippen LogP contribution in [0.4, 0.5) is 0 Å². The van der Waals surface area contributed by atoms with Gasteiger partial charge in [-0.15, -0.1) is 0 Å². The van der Waals surface area contributed by atoms with Gasteiger partial charge in [-0.05, 0) is 18.2 Å². The molecule has 2 rings (SSSR count). The Balaban J connectivity index is 2.20. The fourth-order valence-corrected chi connectivity index (χ4v) is 1.30. The van der Waals surface area contributed by atoms with Crippen molar-refractivity contribution in [2.45, 2.75) is 0 Å². The maximum atomic E-state index is 5.64. The molecule has 0 bridgehead atoms. The number of benzene rings is 1. The van der Waals surface area contributed by atoms with Crippen LogP contribution in [0.3, 0.4) is 0 Å². The van der Waals surface area contributed by atoms with Crippen molar-refractivity contribution in [3.8, 4) is 5.75 Å². The molecule has 82 valence electrons. The van der Waals surface area contributed by atoms with E-state index in [0.29, 0.717) is 11.6 Å². The summed E-state index contributed by atoms with van der Waals surface area (Å²) in [5, 5.41) is 7.77. The largest absolute Gasteiger partial charge is 0.442 e. The van der Waals surface area contributed by atoms with E-state index in [1.807, 2.05) is 18.2 Å². The number of hydrogen-bond acceptors (Lipinski definition) is 4. The molecule has 0 saturated heterocycles. The number of aromatic nitrogens is 2. The molecular formula is C11H12N4O. The number of H-pyrrole nitrogens is 1. The summed E-state index contributed by atoms with van der Waals surface area (Å²) in [6, 6.07) is 5.58. The van der Waals surface area contributed by atoms with E-state index in [-0.39, 0.29) is 0 Å². The maximum absolute atomic E-state index is 5.64. The van der Waals surface area contributed by atoms with E-state index in [1.165, 1.54) is 0 Å². The molecule has 16 heavy (non-hydrogen) atoms. The van der Waals surface area contributed by atoms with Crippen molar-refractivity contribution < 1.29 is 4.74 Å². The molecule has 1 aromatic carbocycles. The first-order valence-electron chi connectivity index (χ1n) is 4.78. The SMILES string of the molecule is CN=CC=C(N)Oc1ccc2[nH]ncc2c1. The average molecular weight is 216 g/mol. The van der Waals surface area contributed by atoms with E-state index < -0.39 is 0 Å². The number of aliphatic imine (C=N–C) groups is 1. The lowest BCUT2D eigenvalue weighted by atomic mass is 10.2. The third-order valence-corrected chi connectivity index (χ3v) is 2.04. The molecule has 0 spiro atoms. The zero-order chi connectivity index (χ0) is 11.4. The van der Waals surface area contributed by atoms with Gasteiger partial charge in [0.05, 0.1) is 11.7 Å². The number of nitrogens with one attached hydrogen (secondary N) is 1. The highest BCUT2D eigenvalue weighted by molar-refractivity contribution is 5.79. The van der Waals surface area contributed by atoms with Crippen LogP contribution in [0.15, 0.2) is 41.3 Å². The maximum Gasteiger partial charge on any atom is 0.192 e. The quantitative estimate of drug-likeness (QED) is 0.602. The van der Waals surface area contributed by atoms with Gasteiger partial charge in [0.25, 0.3) is 0 Å². The van der Waals surface area contributed by atoms with E-state index in [4.69, 9.17) is 10.5 Å². The van der Waals surface area contributed by atoms with Crippen LogP contribution in [0, 0.1) is 0 Å². The number of allylic oxidation sites excluding steroid dienone is 1. The van der Waals surface area contributed by atoms with E-state index in [1.54, 1.807) is 25.5 Å². The lowest BCUT2D eigenvalue weighted by molar-refractivity contribution is 0.421. The van der Waals surface area contributed by atoms with Crippen LogP contribution in [0.2, 0.25) is 0 Å². The van der Waals surface area contributed by atoms with Gasteiger partial charge in [0.2, 0.25) is 0 Å². The Labute approximate surface area is 92.6 Å². The average Bonchev–Trinajstić information content (AvgIpc) is 2.73. The molecule has 0 radical (unpaired) electrons. The van der Waals surface area contributed by atoms with Crippen LogP contribution in [0.25, 0.3) is 10.9 Å². The van der Waals surface area contributed by atoms with Gasteiger partial charge in [-0.1, -0.05) is 0 Å². The smallest absolute Gasteiger partial charge is 0.192 e.